The van der Waals surface area contributed by atoms with E-state index in [9.17, 15) is 0 Å². The van der Waals surface area contributed by atoms with E-state index in [1.807, 2.05) is 0 Å². The van der Waals surface area contributed by atoms with Gasteiger partial charge in [0.1, 0.15) is 0 Å². The first-order valence-electron chi connectivity index (χ1n) is 7.21. The molecule has 1 aliphatic carbocycles. The molecule has 0 spiro atoms. The van der Waals surface area contributed by atoms with Crippen LogP contribution in [-0.2, 0) is 0 Å². The lowest BCUT2D eigenvalue weighted by Crippen LogP contribution is -2.37. The van der Waals surface area contributed by atoms with Crippen molar-refractivity contribution in [1.82, 2.24) is 4.90 Å². The molecule has 2 aliphatic rings. The Labute approximate surface area is 109 Å². The first-order valence-corrected chi connectivity index (χ1v) is 8.12. The lowest BCUT2D eigenvalue weighted by Gasteiger charge is -2.33. The van der Waals surface area contributed by atoms with Crippen LogP contribution < -0.4 is 0 Å². The van der Waals surface area contributed by atoms with Gasteiger partial charge in [0.2, 0.25) is 0 Å². The molecule has 0 radical (unpaired) electrons. The molecule has 1 heterocycles. The van der Waals surface area contributed by atoms with Gasteiger partial charge in [0.05, 0.1) is 0 Å². The van der Waals surface area contributed by atoms with Gasteiger partial charge in [-0.1, -0.05) is 48.0 Å². The Morgan fingerprint density at radius 2 is 1.38 bits per heavy atom. The average Bonchev–Trinajstić information content (AvgIpc) is 2.25. The van der Waals surface area contributed by atoms with Crippen LogP contribution in [-0.4, -0.2) is 29.4 Å². The Morgan fingerprint density at radius 3 is 2.00 bits per heavy atom. The number of alkyl halides is 1. The van der Waals surface area contributed by atoms with Gasteiger partial charge >= 0.3 is 0 Å². The summed E-state index contributed by atoms with van der Waals surface area (Å²) < 4.78 is 0. The molecule has 1 saturated carbocycles. The molecule has 1 aliphatic heterocycles. The van der Waals surface area contributed by atoms with Gasteiger partial charge < -0.3 is 4.90 Å². The van der Waals surface area contributed by atoms with Crippen molar-refractivity contribution in [3.8, 4) is 0 Å². The van der Waals surface area contributed by atoms with E-state index in [2.05, 4.69) is 20.8 Å². The van der Waals surface area contributed by atoms with Crippen molar-refractivity contribution in [3.63, 3.8) is 0 Å². The Balaban J connectivity index is 1.70. The monoisotopic (exact) mass is 287 g/mol. The largest absolute Gasteiger partial charge is 0.303 e. The minimum Gasteiger partial charge on any atom is -0.303 e. The Hall–Kier alpha value is 0.440. The number of nitrogens with zero attached hydrogens (tertiary/aromatic N) is 1. The van der Waals surface area contributed by atoms with Crippen molar-refractivity contribution >= 4 is 15.9 Å². The van der Waals surface area contributed by atoms with Crippen molar-refractivity contribution in [2.24, 2.45) is 5.92 Å². The highest BCUT2D eigenvalue weighted by molar-refractivity contribution is 9.09. The van der Waals surface area contributed by atoms with Crippen LogP contribution in [0.25, 0.3) is 0 Å². The summed E-state index contributed by atoms with van der Waals surface area (Å²) in [5.41, 5.74) is 0. The summed E-state index contributed by atoms with van der Waals surface area (Å²) >= 11 is 3.74. The molecule has 16 heavy (non-hydrogen) atoms. The van der Waals surface area contributed by atoms with Crippen LogP contribution in [0.3, 0.4) is 0 Å². The van der Waals surface area contributed by atoms with E-state index in [4.69, 9.17) is 0 Å². The van der Waals surface area contributed by atoms with Crippen LogP contribution in [0, 0.1) is 5.92 Å². The van der Waals surface area contributed by atoms with E-state index in [-0.39, 0.29) is 0 Å². The second-order valence-electron chi connectivity index (χ2n) is 5.69. The fraction of sp³-hybridized carbons (Fsp3) is 1.00. The zero-order chi connectivity index (χ0) is 11.2. The molecular formula is C14H26BrN. The fourth-order valence-corrected chi connectivity index (χ4v) is 3.58. The smallest absolute Gasteiger partial charge is 0.0170 e. The minimum absolute atomic E-state index is 0.793. The van der Waals surface area contributed by atoms with Gasteiger partial charge in [0.15, 0.2) is 0 Å². The Morgan fingerprint density at radius 1 is 0.812 bits per heavy atom. The maximum atomic E-state index is 3.74. The van der Waals surface area contributed by atoms with Crippen LogP contribution in [0.5, 0.6) is 0 Å². The van der Waals surface area contributed by atoms with Gasteiger partial charge in [0.25, 0.3) is 0 Å². The maximum Gasteiger partial charge on any atom is 0.0170 e. The average molecular weight is 288 g/mol. The van der Waals surface area contributed by atoms with E-state index < -0.39 is 0 Å². The molecule has 2 heteroatoms. The number of hydrogen-bond acceptors (Lipinski definition) is 1. The third-order valence-corrected chi connectivity index (χ3v) is 5.17. The molecular weight excluding hydrogens is 262 g/mol. The van der Waals surface area contributed by atoms with Gasteiger partial charge in [-0.3, -0.25) is 0 Å². The van der Waals surface area contributed by atoms with Crippen LogP contribution in [0.15, 0.2) is 0 Å². The molecule has 0 atom stereocenters. The number of halogens is 1. The quantitative estimate of drug-likeness (QED) is 0.688. The standard InChI is InChI=1S/C14H26BrN/c15-14-8-10-16(11-9-14)12-13-6-4-2-1-3-5-7-13/h13-14H,1-12H2. The van der Waals surface area contributed by atoms with Crippen molar-refractivity contribution in [2.75, 3.05) is 19.6 Å². The molecule has 0 N–H and O–H groups in total. The number of rotatable bonds is 2. The van der Waals surface area contributed by atoms with Crippen LogP contribution in [0.2, 0.25) is 0 Å². The van der Waals surface area contributed by atoms with Gasteiger partial charge in [-0.15, -0.1) is 0 Å². The van der Waals surface area contributed by atoms with Crippen molar-refractivity contribution in [3.05, 3.63) is 0 Å². The lowest BCUT2D eigenvalue weighted by molar-refractivity contribution is 0.183. The summed E-state index contributed by atoms with van der Waals surface area (Å²) in [5.74, 6) is 1.01. The summed E-state index contributed by atoms with van der Waals surface area (Å²) in [7, 11) is 0. The summed E-state index contributed by atoms with van der Waals surface area (Å²) in [6.07, 6.45) is 13.1. The number of likely N-dealkylation sites (tertiary alicyclic amines) is 1. The van der Waals surface area contributed by atoms with Gasteiger partial charge in [0, 0.05) is 11.4 Å². The number of piperidine rings is 1. The first-order chi connectivity index (χ1) is 7.84. The topological polar surface area (TPSA) is 3.24 Å². The van der Waals surface area contributed by atoms with Crippen LogP contribution in [0.1, 0.15) is 57.8 Å². The summed E-state index contributed by atoms with van der Waals surface area (Å²) in [6, 6.07) is 0. The normalized spacial score (nSPS) is 27.6. The molecule has 94 valence electrons. The highest BCUT2D eigenvalue weighted by Gasteiger charge is 2.20. The third kappa shape index (κ3) is 4.37. The Kier molecular flexibility index (Phi) is 5.64. The predicted molar refractivity (Wildman–Crippen MR) is 74.2 cm³/mol. The Bertz CT molecular complexity index is 179. The summed E-state index contributed by atoms with van der Waals surface area (Å²) in [4.78, 5) is 3.51. The van der Waals surface area contributed by atoms with E-state index in [1.54, 1.807) is 0 Å². The second-order valence-corrected chi connectivity index (χ2v) is 6.98. The van der Waals surface area contributed by atoms with Gasteiger partial charge in [-0.2, -0.15) is 0 Å². The SMILES string of the molecule is BrC1CCN(CC2CCCCCCC2)CC1. The number of hydrogen-bond donors (Lipinski definition) is 0. The summed E-state index contributed by atoms with van der Waals surface area (Å²) in [6.45, 7) is 4.04. The van der Waals surface area contributed by atoms with Crippen molar-refractivity contribution in [2.45, 2.75) is 62.6 Å². The van der Waals surface area contributed by atoms with E-state index in [0.717, 1.165) is 10.7 Å². The summed E-state index contributed by atoms with van der Waals surface area (Å²) in [5, 5.41) is 0. The molecule has 2 fully saturated rings. The molecule has 1 nitrogen and oxygen atoms in total. The highest BCUT2D eigenvalue weighted by Crippen LogP contribution is 2.25. The maximum absolute atomic E-state index is 3.74. The third-order valence-electron chi connectivity index (χ3n) is 4.26. The predicted octanol–water partition coefficient (Wildman–Crippen LogP) is 4.21. The second kappa shape index (κ2) is 7.00. The van der Waals surface area contributed by atoms with Gasteiger partial charge in [-0.25, -0.2) is 0 Å². The molecule has 0 aromatic carbocycles. The van der Waals surface area contributed by atoms with Crippen LogP contribution >= 0.6 is 15.9 Å². The molecule has 2 rings (SSSR count). The van der Waals surface area contributed by atoms with Crippen LogP contribution in [0.4, 0.5) is 0 Å². The van der Waals surface area contributed by atoms with Crippen molar-refractivity contribution < 1.29 is 0 Å². The molecule has 0 aromatic rings. The van der Waals surface area contributed by atoms with Crippen molar-refractivity contribution in [1.29, 1.82) is 0 Å². The van der Waals surface area contributed by atoms with E-state index in [0.29, 0.717) is 0 Å². The zero-order valence-corrected chi connectivity index (χ0v) is 12.1. The molecule has 0 amide bonds. The molecule has 0 aromatic heterocycles. The van der Waals surface area contributed by atoms with E-state index in [1.165, 1.54) is 77.4 Å². The fourth-order valence-electron chi connectivity index (χ4n) is 3.17. The van der Waals surface area contributed by atoms with Gasteiger partial charge in [-0.05, 0) is 44.7 Å². The minimum atomic E-state index is 0.793. The lowest BCUT2D eigenvalue weighted by atomic mass is 9.90. The first kappa shape index (κ1) is 12.9. The molecule has 0 unspecified atom stereocenters. The molecule has 1 saturated heterocycles. The zero-order valence-electron chi connectivity index (χ0n) is 10.5. The molecule has 0 bridgehead atoms. The highest BCUT2D eigenvalue weighted by atomic mass is 79.9. The van der Waals surface area contributed by atoms with E-state index >= 15 is 0 Å².